The molecule has 1 aromatic rings. The molecule has 1 aromatic carbocycles. The molecule has 0 saturated carbocycles. The molecule has 0 N–H and O–H groups in total. The molecule has 0 spiro atoms. The molecule has 0 aliphatic carbocycles. The Hall–Kier alpha value is -0.940. The molecule has 0 aliphatic heterocycles. The lowest BCUT2D eigenvalue weighted by atomic mass is 10.1. The highest BCUT2D eigenvalue weighted by Gasteiger charge is 2.47. The van der Waals surface area contributed by atoms with Gasteiger partial charge in [-0.05, 0) is 18.6 Å². The summed E-state index contributed by atoms with van der Waals surface area (Å²) in [4.78, 5) is 12.2. The van der Waals surface area contributed by atoms with Crippen LogP contribution in [0.3, 0.4) is 0 Å². The number of ketones is 1. The number of Topliss-reactive ketones (excluding diaryl/α,β-unsaturated/α-hetero) is 1. The lowest BCUT2D eigenvalue weighted by Crippen LogP contribution is -2.42. The average Bonchev–Trinajstić information content (AvgIpc) is 2.37. The van der Waals surface area contributed by atoms with Gasteiger partial charge in [-0.3, -0.25) is 4.79 Å². The summed E-state index contributed by atoms with van der Waals surface area (Å²) in [5.74, 6) is -1.95. The molecular formula is C12H14ClFO3S. The number of carbonyl (C=O) groups excluding carboxylic acids is 1. The van der Waals surface area contributed by atoms with Gasteiger partial charge in [-0.25, -0.2) is 12.8 Å². The summed E-state index contributed by atoms with van der Waals surface area (Å²) in [5, 5.41) is 0. The summed E-state index contributed by atoms with van der Waals surface area (Å²) >= 11 is 5.97. The first kappa shape index (κ1) is 15.1. The Morgan fingerprint density at radius 3 is 2.33 bits per heavy atom. The van der Waals surface area contributed by atoms with Crippen molar-refractivity contribution in [2.75, 3.05) is 5.75 Å². The Kier molecular flexibility index (Phi) is 4.50. The van der Waals surface area contributed by atoms with Crippen LogP contribution in [0.5, 0.6) is 0 Å². The van der Waals surface area contributed by atoms with Gasteiger partial charge >= 0.3 is 0 Å². The second-order valence-electron chi connectivity index (χ2n) is 3.79. The van der Waals surface area contributed by atoms with Crippen LogP contribution in [-0.4, -0.2) is 24.2 Å². The summed E-state index contributed by atoms with van der Waals surface area (Å²) in [6.07, 6.45) is -0.113. The summed E-state index contributed by atoms with van der Waals surface area (Å²) < 4.78 is 35.2. The molecule has 0 aromatic heterocycles. The van der Waals surface area contributed by atoms with E-state index >= 15 is 0 Å². The van der Waals surface area contributed by atoms with E-state index in [1.807, 2.05) is 0 Å². The predicted octanol–water partition coefficient (Wildman–Crippen LogP) is 2.79. The van der Waals surface area contributed by atoms with Crippen molar-refractivity contribution in [1.82, 2.24) is 0 Å². The first-order chi connectivity index (χ1) is 8.30. The van der Waals surface area contributed by atoms with Gasteiger partial charge in [0.1, 0.15) is 5.82 Å². The fourth-order valence-corrected chi connectivity index (χ4v) is 3.32. The number of carbonyl (C=O) groups is 1. The van der Waals surface area contributed by atoms with Gasteiger partial charge < -0.3 is 0 Å². The van der Waals surface area contributed by atoms with Crippen molar-refractivity contribution in [3.05, 3.63) is 35.6 Å². The van der Waals surface area contributed by atoms with E-state index in [1.54, 1.807) is 0 Å². The van der Waals surface area contributed by atoms with Gasteiger partial charge in [0.2, 0.25) is 9.99 Å². The Balaban J connectivity index is 3.36. The molecule has 0 aliphatic rings. The molecule has 0 amide bonds. The van der Waals surface area contributed by atoms with Gasteiger partial charge in [0.15, 0.2) is 9.84 Å². The topological polar surface area (TPSA) is 51.2 Å². The first-order valence-corrected chi connectivity index (χ1v) is 7.53. The van der Waals surface area contributed by atoms with Crippen molar-refractivity contribution in [1.29, 1.82) is 0 Å². The van der Waals surface area contributed by atoms with Gasteiger partial charge in [0.25, 0.3) is 0 Å². The van der Waals surface area contributed by atoms with Crippen LogP contribution in [0.1, 0.15) is 30.6 Å². The van der Waals surface area contributed by atoms with Crippen molar-refractivity contribution >= 4 is 27.2 Å². The largest absolute Gasteiger partial charge is 0.291 e. The number of hydrogen-bond donors (Lipinski definition) is 0. The Morgan fingerprint density at radius 2 is 1.89 bits per heavy atom. The molecule has 100 valence electrons. The fraction of sp³-hybridized carbons (Fsp3) is 0.417. The highest BCUT2D eigenvalue weighted by Crippen LogP contribution is 2.32. The van der Waals surface area contributed by atoms with E-state index in [9.17, 15) is 17.6 Å². The van der Waals surface area contributed by atoms with Crippen LogP contribution in [0, 0.1) is 5.82 Å². The number of benzene rings is 1. The zero-order valence-corrected chi connectivity index (χ0v) is 11.7. The molecule has 3 nitrogen and oxygen atoms in total. The maximum atomic E-state index is 13.5. The third kappa shape index (κ3) is 2.42. The molecule has 0 radical (unpaired) electrons. The zero-order chi connectivity index (χ0) is 14.0. The van der Waals surface area contributed by atoms with Crippen LogP contribution >= 0.6 is 11.6 Å². The van der Waals surface area contributed by atoms with Gasteiger partial charge in [-0.1, -0.05) is 37.6 Å². The van der Waals surface area contributed by atoms with Gasteiger partial charge in [-0.2, -0.15) is 0 Å². The highest BCUT2D eigenvalue weighted by atomic mass is 35.5. The SMILES string of the molecule is CC[C@@](Cl)(C(=O)c1ccccc1F)S(=O)(=O)CC. The summed E-state index contributed by atoms with van der Waals surface area (Å²) in [7, 11) is -3.82. The number of hydrogen-bond acceptors (Lipinski definition) is 3. The van der Waals surface area contributed by atoms with Gasteiger partial charge in [0.05, 0.1) is 5.56 Å². The van der Waals surface area contributed by atoms with Gasteiger partial charge in [-0.15, -0.1) is 0 Å². The van der Waals surface area contributed by atoms with Crippen LogP contribution in [0.15, 0.2) is 24.3 Å². The summed E-state index contributed by atoms with van der Waals surface area (Å²) in [5.41, 5.74) is -0.300. The molecule has 0 unspecified atom stereocenters. The minimum absolute atomic E-state index is 0.113. The normalized spacial score (nSPS) is 15.1. The molecule has 0 bridgehead atoms. The second kappa shape index (κ2) is 5.36. The minimum atomic E-state index is -3.82. The zero-order valence-electron chi connectivity index (χ0n) is 10.1. The van der Waals surface area contributed by atoms with E-state index in [0.717, 1.165) is 6.07 Å². The van der Waals surface area contributed by atoms with Crippen LogP contribution < -0.4 is 0 Å². The first-order valence-electron chi connectivity index (χ1n) is 5.50. The monoisotopic (exact) mass is 292 g/mol. The van der Waals surface area contributed by atoms with Crippen molar-refractivity contribution in [2.45, 2.75) is 24.5 Å². The van der Waals surface area contributed by atoms with E-state index in [-0.39, 0.29) is 17.7 Å². The lowest BCUT2D eigenvalue weighted by Gasteiger charge is -2.23. The predicted molar refractivity (Wildman–Crippen MR) is 69.1 cm³/mol. The number of rotatable bonds is 5. The molecule has 0 saturated heterocycles. The van der Waals surface area contributed by atoms with Crippen molar-refractivity contribution in [2.24, 2.45) is 0 Å². The molecule has 1 atom stereocenters. The average molecular weight is 293 g/mol. The maximum absolute atomic E-state index is 13.5. The van der Waals surface area contributed by atoms with Crippen LogP contribution in [0.25, 0.3) is 0 Å². The standard InChI is InChI=1S/C12H14ClFO3S/c1-3-12(13,18(16,17)4-2)11(15)9-7-5-6-8-10(9)14/h5-8H,3-4H2,1-2H3/t12-/m0/s1. The molecular weight excluding hydrogens is 279 g/mol. The highest BCUT2D eigenvalue weighted by molar-refractivity contribution is 7.95. The van der Waals surface area contributed by atoms with E-state index in [2.05, 4.69) is 0 Å². The van der Waals surface area contributed by atoms with Crippen LogP contribution in [0.2, 0.25) is 0 Å². The quantitative estimate of drug-likeness (QED) is 0.619. The van der Waals surface area contributed by atoms with E-state index in [4.69, 9.17) is 11.6 Å². The number of halogens is 2. The van der Waals surface area contributed by atoms with Crippen LogP contribution in [-0.2, 0) is 9.84 Å². The summed E-state index contributed by atoms with van der Waals surface area (Å²) in [6, 6.07) is 5.21. The number of sulfone groups is 1. The van der Waals surface area contributed by atoms with Crippen molar-refractivity contribution in [3.8, 4) is 0 Å². The van der Waals surface area contributed by atoms with Crippen molar-refractivity contribution in [3.63, 3.8) is 0 Å². The molecule has 0 fully saturated rings. The Bertz CT molecular complexity index is 556. The second-order valence-corrected chi connectivity index (χ2v) is 7.17. The Morgan fingerprint density at radius 1 is 1.33 bits per heavy atom. The molecule has 1 rings (SSSR count). The number of alkyl halides is 1. The smallest absolute Gasteiger partial charge is 0.207 e. The molecule has 6 heteroatoms. The van der Waals surface area contributed by atoms with E-state index in [0.29, 0.717) is 0 Å². The van der Waals surface area contributed by atoms with Gasteiger partial charge in [0, 0.05) is 5.75 Å². The molecule has 0 heterocycles. The lowest BCUT2D eigenvalue weighted by molar-refractivity contribution is 0.0966. The maximum Gasteiger partial charge on any atom is 0.207 e. The van der Waals surface area contributed by atoms with E-state index < -0.39 is 25.6 Å². The minimum Gasteiger partial charge on any atom is -0.291 e. The fourth-order valence-electron chi connectivity index (χ4n) is 1.60. The molecule has 18 heavy (non-hydrogen) atoms. The third-order valence-electron chi connectivity index (χ3n) is 2.79. The van der Waals surface area contributed by atoms with Crippen LogP contribution in [0.4, 0.5) is 4.39 Å². The summed E-state index contributed by atoms with van der Waals surface area (Å²) in [6.45, 7) is 2.88. The van der Waals surface area contributed by atoms with Crippen molar-refractivity contribution < 1.29 is 17.6 Å². The van der Waals surface area contributed by atoms with E-state index in [1.165, 1.54) is 32.0 Å². The third-order valence-corrected chi connectivity index (χ3v) is 6.15. The Labute approximate surface area is 111 Å².